The first-order valence-electron chi connectivity index (χ1n) is 9.67. The number of hydrogen-bond donors (Lipinski definition) is 1. The van der Waals surface area contributed by atoms with E-state index in [2.05, 4.69) is 5.32 Å². The van der Waals surface area contributed by atoms with Gasteiger partial charge in [-0.1, -0.05) is 36.4 Å². The Balaban J connectivity index is 1.66. The second-order valence-electron chi connectivity index (χ2n) is 7.42. The van der Waals surface area contributed by atoms with Gasteiger partial charge < -0.3 is 9.88 Å². The molecule has 4 rings (SSSR count). The molecule has 0 unspecified atom stereocenters. The van der Waals surface area contributed by atoms with Crippen LogP contribution >= 0.6 is 0 Å². The Kier molecular flexibility index (Phi) is 5.19. The van der Waals surface area contributed by atoms with Crippen LogP contribution in [0, 0.1) is 19.7 Å². The van der Waals surface area contributed by atoms with E-state index in [4.69, 9.17) is 0 Å². The Morgan fingerprint density at radius 2 is 1.57 bits per heavy atom. The van der Waals surface area contributed by atoms with Gasteiger partial charge >= 0.3 is 0 Å². The zero-order chi connectivity index (χ0) is 21.3. The number of para-hydroxylation sites is 1. The van der Waals surface area contributed by atoms with Gasteiger partial charge in [-0.05, 0) is 55.3 Å². The van der Waals surface area contributed by atoms with E-state index < -0.39 is 11.6 Å². The number of hydrogen-bond acceptors (Lipinski definition) is 2. The summed E-state index contributed by atoms with van der Waals surface area (Å²) in [5.74, 6) is -1.17. The summed E-state index contributed by atoms with van der Waals surface area (Å²) in [6, 6.07) is 19.1. The van der Waals surface area contributed by atoms with Crippen LogP contribution < -0.4 is 5.32 Å². The molecule has 0 fully saturated rings. The number of anilines is 1. The SMILES string of the molecule is Cc1cc(C)cc(NC(=O)Cn2cc(C(=O)c3ccccc3F)c3ccccc32)c1. The monoisotopic (exact) mass is 400 g/mol. The molecule has 0 saturated carbocycles. The number of ketones is 1. The summed E-state index contributed by atoms with van der Waals surface area (Å²) in [4.78, 5) is 25.7. The standard InChI is InChI=1S/C25H21FN2O2/c1-16-11-17(2)13-18(12-16)27-24(29)15-28-14-21(19-7-4-6-10-23(19)28)25(30)20-8-3-5-9-22(20)26/h3-14H,15H2,1-2H3,(H,27,29). The van der Waals surface area contributed by atoms with Crippen LogP contribution in [0.2, 0.25) is 0 Å². The van der Waals surface area contributed by atoms with Crippen molar-refractivity contribution >= 4 is 28.3 Å². The van der Waals surface area contributed by atoms with E-state index in [1.165, 1.54) is 12.1 Å². The maximum absolute atomic E-state index is 14.2. The fourth-order valence-electron chi connectivity index (χ4n) is 3.75. The fourth-order valence-corrected chi connectivity index (χ4v) is 3.75. The topological polar surface area (TPSA) is 51.1 Å². The molecule has 0 bridgehead atoms. The second kappa shape index (κ2) is 7.95. The van der Waals surface area contributed by atoms with Crippen LogP contribution in [0.4, 0.5) is 10.1 Å². The lowest BCUT2D eigenvalue weighted by Gasteiger charge is -2.09. The number of nitrogens with zero attached hydrogens (tertiary/aromatic N) is 1. The number of aryl methyl sites for hydroxylation is 2. The molecule has 3 aromatic carbocycles. The molecule has 1 aromatic heterocycles. The lowest BCUT2D eigenvalue weighted by Crippen LogP contribution is -2.18. The number of carbonyl (C=O) groups excluding carboxylic acids is 2. The minimum Gasteiger partial charge on any atom is -0.337 e. The Labute approximate surface area is 174 Å². The summed E-state index contributed by atoms with van der Waals surface area (Å²) in [6.45, 7) is 3.99. The summed E-state index contributed by atoms with van der Waals surface area (Å²) in [5, 5.41) is 3.60. The molecule has 0 radical (unpaired) electrons. The highest BCUT2D eigenvalue weighted by molar-refractivity contribution is 6.16. The van der Waals surface area contributed by atoms with E-state index in [-0.39, 0.29) is 18.0 Å². The van der Waals surface area contributed by atoms with Crippen molar-refractivity contribution in [3.05, 3.63) is 101 Å². The number of amides is 1. The lowest BCUT2D eigenvalue weighted by atomic mass is 10.0. The fraction of sp³-hybridized carbons (Fsp3) is 0.120. The molecular formula is C25H21FN2O2. The van der Waals surface area contributed by atoms with Gasteiger partial charge in [0.25, 0.3) is 0 Å². The normalized spacial score (nSPS) is 10.9. The zero-order valence-corrected chi connectivity index (χ0v) is 16.8. The predicted molar refractivity (Wildman–Crippen MR) is 116 cm³/mol. The van der Waals surface area contributed by atoms with Crippen molar-refractivity contribution in [2.75, 3.05) is 5.32 Å². The maximum atomic E-state index is 14.2. The van der Waals surface area contributed by atoms with E-state index in [9.17, 15) is 14.0 Å². The molecule has 0 aliphatic carbocycles. The first kappa shape index (κ1) is 19.6. The minimum atomic E-state index is -0.563. The first-order chi connectivity index (χ1) is 14.4. The van der Waals surface area contributed by atoms with E-state index in [0.29, 0.717) is 10.9 Å². The molecule has 4 nitrogen and oxygen atoms in total. The largest absolute Gasteiger partial charge is 0.337 e. The first-order valence-corrected chi connectivity index (χ1v) is 9.67. The van der Waals surface area contributed by atoms with Crippen molar-refractivity contribution in [3.8, 4) is 0 Å². The van der Waals surface area contributed by atoms with Crippen molar-refractivity contribution < 1.29 is 14.0 Å². The number of rotatable bonds is 5. The highest BCUT2D eigenvalue weighted by Gasteiger charge is 2.20. The summed E-state index contributed by atoms with van der Waals surface area (Å²) in [7, 11) is 0. The molecular weight excluding hydrogens is 379 g/mol. The smallest absolute Gasteiger partial charge is 0.244 e. The number of aromatic nitrogens is 1. The third-order valence-corrected chi connectivity index (χ3v) is 4.97. The quantitative estimate of drug-likeness (QED) is 0.464. The molecule has 0 saturated heterocycles. The van der Waals surface area contributed by atoms with Gasteiger partial charge in [0.1, 0.15) is 12.4 Å². The minimum absolute atomic E-state index is 0.0140. The number of fused-ring (bicyclic) bond motifs is 1. The number of carbonyl (C=O) groups is 2. The second-order valence-corrected chi connectivity index (χ2v) is 7.42. The molecule has 0 atom stereocenters. The van der Waals surface area contributed by atoms with Gasteiger partial charge in [-0.25, -0.2) is 4.39 Å². The number of halogens is 1. The van der Waals surface area contributed by atoms with Gasteiger partial charge in [0.15, 0.2) is 5.78 Å². The van der Waals surface area contributed by atoms with Crippen molar-refractivity contribution in [2.24, 2.45) is 0 Å². The predicted octanol–water partition coefficient (Wildman–Crippen LogP) is 5.27. The Morgan fingerprint density at radius 1 is 0.900 bits per heavy atom. The average molecular weight is 400 g/mol. The van der Waals surface area contributed by atoms with Gasteiger partial charge in [0.2, 0.25) is 5.91 Å². The number of nitrogens with one attached hydrogen (secondary N) is 1. The van der Waals surface area contributed by atoms with Crippen molar-refractivity contribution in [2.45, 2.75) is 20.4 Å². The molecule has 150 valence electrons. The van der Waals surface area contributed by atoms with Crippen LogP contribution in [0.1, 0.15) is 27.0 Å². The molecule has 4 aromatic rings. The van der Waals surface area contributed by atoms with Crippen LogP contribution in [0.3, 0.4) is 0 Å². The highest BCUT2D eigenvalue weighted by Crippen LogP contribution is 2.25. The van der Waals surface area contributed by atoms with Crippen LogP contribution in [0.15, 0.2) is 72.9 Å². The van der Waals surface area contributed by atoms with Gasteiger partial charge in [-0.2, -0.15) is 0 Å². The molecule has 0 aliphatic rings. The maximum Gasteiger partial charge on any atom is 0.244 e. The van der Waals surface area contributed by atoms with Crippen molar-refractivity contribution in [3.63, 3.8) is 0 Å². The molecule has 5 heteroatoms. The highest BCUT2D eigenvalue weighted by atomic mass is 19.1. The molecule has 0 spiro atoms. The van der Waals surface area contributed by atoms with Gasteiger partial charge in [-0.3, -0.25) is 9.59 Å². The summed E-state index contributed by atoms with van der Waals surface area (Å²) in [6.07, 6.45) is 1.63. The van der Waals surface area contributed by atoms with E-state index in [1.807, 2.05) is 56.3 Å². The average Bonchev–Trinajstić information content (AvgIpc) is 3.05. The lowest BCUT2D eigenvalue weighted by molar-refractivity contribution is -0.116. The molecule has 1 heterocycles. The van der Waals surface area contributed by atoms with Crippen molar-refractivity contribution in [1.82, 2.24) is 4.57 Å². The zero-order valence-electron chi connectivity index (χ0n) is 16.8. The third kappa shape index (κ3) is 3.87. The Hall–Kier alpha value is -3.73. The van der Waals surface area contributed by atoms with Crippen LogP contribution in [-0.4, -0.2) is 16.3 Å². The summed E-state index contributed by atoms with van der Waals surface area (Å²) in [5.41, 5.74) is 3.99. The van der Waals surface area contributed by atoms with E-state index in [0.717, 1.165) is 22.3 Å². The Bertz CT molecular complexity index is 1250. The molecule has 1 N–H and O–H groups in total. The molecule has 0 aliphatic heterocycles. The van der Waals surface area contributed by atoms with Crippen LogP contribution in [0.25, 0.3) is 10.9 Å². The summed E-state index contributed by atoms with van der Waals surface area (Å²) < 4.78 is 15.9. The number of benzene rings is 3. The van der Waals surface area contributed by atoms with Gasteiger partial charge in [0, 0.05) is 28.4 Å². The van der Waals surface area contributed by atoms with Crippen LogP contribution in [-0.2, 0) is 11.3 Å². The molecule has 1 amide bonds. The van der Waals surface area contributed by atoms with Crippen molar-refractivity contribution in [1.29, 1.82) is 0 Å². The van der Waals surface area contributed by atoms with Gasteiger partial charge in [0.05, 0.1) is 5.56 Å². The van der Waals surface area contributed by atoms with E-state index >= 15 is 0 Å². The third-order valence-electron chi connectivity index (χ3n) is 4.97. The van der Waals surface area contributed by atoms with E-state index in [1.54, 1.807) is 22.9 Å². The molecule has 30 heavy (non-hydrogen) atoms. The van der Waals surface area contributed by atoms with Gasteiger partial charge in [-0.15, -0.1) is 0 Å². The summed E-state index contributed by atoms with van der Waals surface area (Å²) >= 11 is 0. The van der Waals surface area contributed by atoms with Crippen LogP contribution in [0.5, 0.6) is 0 Å². The Morgan fingerprint density at radius 3 is 2.30 bits per heavy atom.